The molecule has 16 heavy (non-hydrogen) atoms. The molecule has 0 aliphatic carbocycles. The molecule has 0 aliphatic rings. The second-order valence-corrected chi connectivity index (χ2v) is 3.56. The van der Waals surface area contributed by atoms with Gasteiger partial charge in [0.05, 0.1) is 7.11 Å². The predicted molar refractivity (Wildman–Crippen MR) is 56.5 cm³/mol. The molecule has 1 aromatic carbocycles. The lowest BCUT2D eigenvalue weighted by molar-refractivity contribution is -0.143. The molecule has 0 aromatic heterocycles. The standard InChI is InChI=1S/C12H13FO3/c1-8-3-4-9(11(13)5-8)6-10(14)7-12(15)16-2/h3-5H,6-7H2,1-2H3. The number of benzene rings is 1. The number of carbonyl (C=O) groups excluding carboxylic acids is 2. The Bertz CT molecular complexity index is 413. The van der Waals surface area contributed by atoms with Crippen LogP contribution < -0.4 is 0 Å². The molecule has 0 radical (unpaired) electrons. The lowest BCUT2D eigenvalue weighted by atomic mass is 10.0. The molecule has 0 amide bonds. The van der Waals surface area contributed by atoms with Crippen LogP contribution in [-0.2, 0) is 20.7 Å². The van der Waals surface area contributed by atoms with Crippen LogP contribution in [0.25, 0.3) is 0 Å². The highest BCUT2D eigenvalue weighted by atomic mass is 19.1. The molecular formula is C12H13FO3. The van der Waals surface area contributed by atoms with Crippen LogP contribution in [0.15, 0.2) is 18.2 Å². The Labute approximate surface area is 93.2 Å². The monoisotopic (exact) mass is 224 g/mol. The van der Waals surface area contributed by atoms with Gasteiger partial charge in [-0.15, -0.1) is 0 Å². The molecule has 0 atom stereocenters. The second kappa shape index (κ2) is 5.39. The van der Waals surface area contributed by atoms with Crippen molar-refractivity contribution in [2.24, 2.45) is 0 Å². The number of rotatable bonds is 4. The first kappa shape index (κ1) is 12.4. The molecule has 3 nitrogen and oxygen atoms in total. The van der Waals surface area contributed by atoms with E-state index in [9.17, 15) is 14.0 Å². The fourth-order valence-corrected chi connectivity index (χ4v) is 1.30. The van der Waals surface area contributed by atoms with Gasteiger partial charge in [-0.1, -0.05) is 12.1 Å². The number of Topliss-reactive ketones (excluding diaryl/α,β-unsaturated/α-hetero) is 1. The maximum absolute atomic E-state index is 13.4. The largest absolute Gasteiger partial charge is 0.469 e. The van der Waals surface area contributed by atoms with Gasteiger partial charge in [-0.2, -0.15) is 0 Å². The van der Waals surface area contributed by atoms with Crippen LogP contribution in [0.4, 0.5) is 4.39 Å². The van der Waals surface area contributed by atoms with E-state index >= 15 is 0 Å². The number of carbonyl (C=O) groups is 2. The van der Waals surface area contributed by atoms with Crippen molar-refractivity contribution < 1.29 is 18.7 Å². The Balaban J connectivity index is 2.66. The summed E-state index contributed by atoms with van der Waals surface area (Å²) in [6, 6.07) is 4.64. The van der Waals surface area contributed by atoms with Crippen molar-refractivity contribution >= 4 is 11.8 Å². The lowest BCUT2D eigenvalue weighted by Gasteiger charge is -2.03. The van der Waals surface area contributed by atoms with E-state index in [2.05, 4.69) is 4.74 Å². The zero-order chi connectivity index (χ0) is 12.1. The first-order valence-corrected chi connectivity index (χ1v) is 4.86. The minimum atomic E-state index is -0.600. The molecule has 1 aromatic rings. The molecule has 0 saturated heterocycles. The molecule has 0 aliphatic heterocycles. The highest BCUT2D eigenvalue weighted by Crippen LogP contribution is 2.11. The van der Waals surface area contributed by atoms with Gasteiger partial charge in [-0.25, -0.2) is 4.39 Å². The van der Waals surface area contributed by atoms with Gasteiger partial charge in [0.2, 0.25) is 0 Å². The van der Waals surface area contributed by atoms with Gasteiger partial charge in [-0.05, 0) is 24.1 Å². The maximum atomic E-state index is 13.4. The van der Waals surface area contributed by atoms with E-state index in [1.165, 1.54) is 13.2 Å². The quantitative estimate of drug-likeness (QED) is 0.578. The molecule has 0 fully saturated rings. The van der Waals surface area contributed by atoms with E-state index in [0.717, 1.165) is 5.56 Å². The van der Waals surface area contributed by atoms with Crippen LogP contribution >= 0.6 is 0 Å². The minimum Gasteiger partial charge on any atom is -0.469 e. The summed E-state index contributed by atoms with van der Waals surface area (Å²) >= 11 is 0. The smallest absolute Gasteiger partial charge is 0.313 e. The molecule has 86 valence electrons. The summed E-state index contributed by atoms with van der Waals surface area (Å²) in [6.45, 7) is 1.77. The third kappa shape index (κ3) is 3.46. The Kier molecular flexibility index (Phi) is 4.17. The maximum Gasteiger partial charge on any atom is 0.313 e. The number of ketones is 1. The van der Waals surface area contributed by atoms with E-state index < -0.39 is 11.8 Å². The Morgan fingerprint density at radius 1 is 1.38 bits per heavy atom. The number of aryl methyl sites for hydroxylation is 1. The van der Waals surface area contributed by atoms with E-state index in [-0.39, 0.29) is 18.6 Å². The molecule has 0 bridgehead atoms. The molecular weight excluding hydrogens is 211 g/mol. The molecule has 0 spiro atoms. The number of methoxy groups -OCH3 is 1. The van der Waals surface area contributed by atoms with Crippen molar-refractivity contribution in [3.63, 3.8) is 0 Å². The summed E-state index contributed by atoms with van der Waals surface area (Å²) in [5.41, 5.74) is 1.10. The summed E-state index contributed by atoms with van der Waals surface area (Å²) in [5, 5.41) is 0. The fraction of sp³-hybridized carbons (Fsp3) is 0.333. The van der Waals surface area contributed by atoms with Crippen LogP contribution in [-0.4, -0.2) is 18.9 Å². The van der Waals surface area contributed by atoms with Gasteiger partial charge in [0.15, 0.2) is 0 Å². The fourth-order valence-electron chi connectivity index (χ4n) is 1.30. The van der Waals surface area contributed by atoms with Crippen molar-refractivity contribution in [1.82, 2.24) is 0 Å². The highest BCUT2D eigenvalue weighted by Gasteiger charge is 2.12. The number of halogens is 1. The van der Waals surface area contributed by atoms with Crippen molar-refractivity contribution in [3.05, 3.63) is 35.1 Å². The molecule has 0 heterocycles. The van der Waals surface area contributed by atoms with E-state index in [1.807, 2.05) is 0 Å². The summed E-state index contributed by atoms with van der Waals surface area (Å²) in [4.78, 5) is 22.2. The van der Waals surface area contributed by atoms with Gasteiger partial charge in [0.1, 0.15) is 18.0 Å². The van der Waals surface area contributed by atoms with Gasteiger partial charge >= 0.3 is 5.97 Å². The predicted octanol–water partition coefficient (Wildman–Crippen LogP) is 1.81. The first-order chi connectivity index (χ1) is 7.52. The van der Waals surface area contributed by atoms with Crippen LogP contribution in [0.1, 0.15) is 17.5 Å². The number of esters is 1. The van der Waals surface area contributed by atoms with Crippen LogP contribution in [0, 0.1) is 12.7 Å². The average molecular weight is 224 g/mol. The molecule has 0 unspecified atom stereocenters. The highest BCUT2D eigenvalue weighted by molar-refractivity contribution is 5.96. The Morgan fingerprint density at radius 3 is 2.62 bits per heavy atom. The van der Waals surface area contributed by atoms with Crippen LogP contribution in [0.2, 0.25) is 0 Å². The molecule has 1 rings (SSSR count). The van der Waals surface area contributed by atoms with E-state index in [4.69, 9.17) is 0 Å². The van der Waals surface area contributed by atoms with Crippen LogP contribution in [0.5, 0.6) is 0 Å². The summed E-state index contributed by atoms with van der Waals surface area (Å²) in [5.74, 6) is -1.37. The van der Waals surface area contributed by atoms with Crippen LogP contribution in [0.3, 0.4) is 0 Å². The number of hydrogen-bond donors (Lipinski definition) is 0. The normalized spacial score (nSPS) is 9.94. The van der Waals surface area contributed by atoms with E-state index in [1.54, 1.807) is 19.1 Å². The third-order valence-corrected chi connectivity index (χ3v) is 2.17. The first-order valence-electron chi connectivity index (χ1n) is 4.86. The molecule has 4 heteroatoms. The average Bonchev–Trinajstić information content (AvgIpc) is 2.22. The lowest BCUT2D eigenvalue weighted by Crippen LogP contribution is -2.12. The van der Waals surface area contributed by atoms with Gasteiger partial charge in [0.25, 0.3) is 0 Å². The SMILES string of the molecule is COC(=O)CC(=O)Cc1ccc(C)cc1F. The van der Waals surface area contributed by atoms with Gasteiger partial charge < -0.3 is 4.74 Å². The topological polar surface area (TPSA) is 43.4 Å². The minimum absolute atomic E-state index is 0.0821. The molecule has 0 saturated carbocycles. The third-order valence-electron chi connectivity index (χ3n) is 2.17. The Hall–Kier alpha value is -1.71. The van der Waals surface area contributed by atoms with E-state index in [0.29, 0.717) is 5.56 Å². The number of ether oxygens (including phenoxy) is 1. The van der Waals surface area contributed by atoms with Crippen molar-refractivity contribution in [2.75, 3.05) is 7.11 Å². The summed E-state index contributed by atoms with van der Waals surface area (Å²) < 4.78 is 17.7. The Morgan fingerprint density at radius 2 is 2.06 bits per heavy atom. The zero-order valence-corrected chi connectivity index (χ0v) is 9.25. The van der Waals surface area contributed by atoms with Crippen molar-refractivity contribution in [2.45, 2.75) is 19.8 Å². The zero-order valence-electron chi connectivity index (χ0n) is 9.25. The second-order valence-electron chi connectivity index (χ2n) is 3.56. The molecule has 0 N–H and O–H groups in total. The van der Waals surface area contributed by atoms with Crippen molar-refractivity contribution in [1.29, 1.82) is 0 Å². The van der Waals surface area contributed by atoms with Gasteiger partial charge in [0, 0.05) is 6.42 Å². The van der Waals surface area contributed by atoms with Gasteiger partial charge in [-0.3, -0.25) is 9.59 Å². The number of hydrogen-bond acceptors (Lipinski definition) is 3. The van der Waals surface area contributed by atoms with Crippen molar-refractivity contribution in [3.8, 4) is 0 Å². The summed E-state index contributed by atoms with van der Waals surface area (Å²) in [6.07, 6.45) is -0.398. The summed E-state index contributed by atoms with van der Waals surface area (Å²) in [7, 11) is 1.21.